The van der Waals surface area contributed by atoms with Crippen molar-refractivity contribution >= 4 is 44.1 Å². The standard InChI is InChI=1S/C18H15Cl2FN2O3S/c1-11(10-26-17-6-2-5-16-12(17)4-3-7-22-16)23-27(24,25)18-9-15(21)13(19)8-14(18)20/h2-9,11,23H,10H2,1H3/t11-/m0/s1. The van der Waals surface area contributed by atoms with Crippen molar-refractivity contribution in [2.45, 2.75) is 17.9 Å². The summed E-state index contributed by atoms with van der Waals surface area (Å²) in [6, 6.07) is 10.3. The zero-order valence-electron chi connectivity index (χ0n) is 14.1. The van der Waals surface area contributed by atoms with Gasteiger partial charge in [0.2, 0.25) is 10.0 Å². The third-order valence-corrected chi connectivity index (χ3v) is 6.06. The normalized spacial score (nSPS) is 12.9. The fraction of sp³-hybridized carbons (Fsp3) is 0.167. The number of fused-ring (bicyclic) bond motifs is 1. The van der Waals surface area contributed by atoms with Crippen LogP contribution < -0.4 is 9.46 Å². The number of nitrogens with zero attached hydrogens (tertiary/aromatic N) is 1. The molecule has 27 heavy (non-hydrogen) atoms. The summed E-state index contributed by atoms with van der Waals surface area (Å²) in [7, 11) is -4.05. The second kappa shape index (κ2) is 7.98. The summed E-state index contributed by atoms with van der Waals surface area (Å²) in [5.41, 5.74) is 0.770. The summed E-state index contributed by atoms with van der Waals surface area (Å²) in [5.74, 6) is -0.282. The van der Waals surface area contributed by atoms with Gasteiger partial charge < -0.3 is 4.74 Å². The largest absolute Gasteiger partial charge is 0.491 e. The van der Waals surface area contributed by atoms with Crippen molar-refractivity contribution in [1.82, 2.24) is 9.71 Å². The Bertz CT molecular complexity index is 1090. The molecule has 0 aliphatic rings. The number of ether oxygens (including phenoxy) is 1. The Morgan fingerprint density at radius 1 is 1.19 bits per heavy atom. The van der Waals surface area contributed by atoms with Crippen LogP contribution in [0.1, 0.15) is 6.92 Å². The topological polar surface area (TPSA) is 68.3 Å². The molecule has 1 atom stereocenters. The van der Waals surface area contributed by atoms with Gasteiger partial charge >= 0.3 is 0 Å². The van der Waals surface area contributed by atoms with Gasteiger partial charge in [-0.15, -0.1) is 0 Å². The highest BCUT2D eigenvalue weighted by atomic mass is 35.5. The Balaban J connectivity index is 1.73. The molecule has 3 rings (SSSR count). The number of nitrogens with one attached hydrogen (secondary N) is 1. The van der Waals surface area contributed by atoms with Crippen molar-refractivity contribution in [3.63, 3.8) is 0 Å². The Morgan fingerprint density at radius 2 is 1.96 bits per heavy atom. The first-order valence-corrected chi connectivity index (χ1v) is 10.2. The van der Waals surface area contributed by atoms with Crippen LogP contribution in [0.3, 0.4) is 0 Å². The summed E-state index contributed by atoms with van der Waals surface area (Å²) in [6.45, 7) is 1.68. The molecule has 9 heteroatoms. The van der Waals surface area contributed by atoms with E-state index in [2.05, 4.69) is 9.71 Å². The van der Waals surface area contributed by atoms with Crippen LogP contribution in [0.5, 0.6) is 5.75 Å². The smallest absolute Gasteiger partial charge is 0.242 e. The van der Waals surface area contributed by atoms with Gasteiger partial charge in [-0.05, 0) is 43.3 Å². The first-order valence-electron chi connectivity index (χ1n) is 7.91. The molecular weight excluding hydrogens is 414 g/mol. The number of sulfonamides is 1. The molecule has 0 amide bonds. The number of hydrogen-bond acceptors (Lipinski definition) is 4. The van der Waals surface area contributed by atoms with Crippen LogP contribution in [-0.2, 0) is 10.0 Å². The monoisotopic (exact) mass is 428 g/mol. The van der Waals surface area contributed by atoms with E-state index in [1.54, 1.807) is 31.3 Å². The van der Waals surface area contributed by atoms with Gasteiger partial charge in [0, 0.05) is 11.6 Å². The Kier molecular flexibility index (Phi) is 5.86. The number of pyridine rings is 1. The summed E-state index contributed by atoms with van der Waals surface area (Å²) in [6.07, 6.45) is 1.68. The molecule has 5 nitrogen and oxygen atoms in total. The van der Waals surface area contributed by atoms with Crippen molar-refractivity contribution in [1.29, 1.82) is 0 Å². The Hall–Kier alpha value is -1.93. The van der Waals surface area contributed by atoms with Crippen LogP contribution in [-0.4, -0.2) is 26.1 Å². The lowest BCUT2D eigenvalue weighted by Gasteiger charge is -2.17. The molecule has 1 aromatic heterocycles. The lowest BCUT2D eigenvalue weighted by molar-refractivity contribution is 0.290. The average molecular weight is 429 g/mol. The second-order valence-electron chi connectivity index (χ2n) is 5.86. The lowest BCUT2D eigenvalue weighted by atomic mass is 10.2. The van der Waals surface area contributed by atoms with Crippen LogP contribution >= 0.6 is 23.2 Å². The summed E-state index contributed by atoms with van der Waals surface area (Å²) in [4.78, 5) is 3.86. The highest BCUT2D eigenvalue weighted by Gasteiger charge is 2.23. The fourth-order valence-electron chi connectivity index (χ4n) is 2.49. The fourth-order valence-corrected chi connectivity index (χ4v) is 4.48. The summed E-state index contributed by atoms with van der Waals surface area (Å²) in [5, 5.41) is 0.403. The molecule has 3 aromatic rings. The van der Waals surface area contributed by atoms with Crippen LogP contribution in [0.15, 0.2) is 53.6 Å². The minimum absolute atomic E-state index is 0.0565. The average Bonchev–Trinajstić information content (AvgIpc) is 2.62. The van der Waals surface area contributed by atoms with Gasteiger partial charge in [0.25, 0.3) is 0 Å². The molecule has 0 saturated carbocycles. The Labute approximate surface area is 166 Å². The summed E-state index contributed by atoms with van der Waals surface area (Å²) >= 11 is 11.5. The second-order valence-corrected chi connectivity index (χ2v) is 8.35. The van der Waals surface area contributed by atoms with Crippen molar-refractivity contribution in [2.24, 2.45) is 0 Å². The SMILES string of the molecule is C[C@@H](COc1cccc2ncccc12)NS(=O)(=O)c1cc(F)c(Cl)cc1Cl. The van der Waals surface area contributed by atoms with E-state index in [0.717, 1.165) is 23.0 Å². The molecular formula is C18H15Cl2FN2O3S. The number of hydrogen-bond donors (Lipinski definition) is 1. The third kappa shape index (κ3) is 4.50. The molecule has 0 radical (unpaired) electrons. The van der Waals surface area contributed by atoms with Gasteiger partial charge in [0.15, 0.2) is 0 Å². The van der Waals surface area contributed by atoms with Crippen molar-refractivity contribution in [2.75, 3.05) is 6.61 Å². The molecule has 0 unspecified atom stereocenters. The van der Waals surface area contributed by atoms with Crippen molar-refractivity contribution in [3.05, 3.63) is 64.5 Å². The number of benzene rings is 2. The van der Waals surface area contributed by atoms with Crippen LogP contribution in [0.2, 0.25) is 10.0 Å². The van der Waals surface area contributed by atoms with Crippen LogP contribution in [0, 0.1) is 5.82 Å². The van der Waals surface area contributed by atoms with Gasteiger partial charge in [-0.25, -0.2) is 17.5 Å². The maximum atomic E-state index is 13.6. The van der Waals surface area contributed by atoms with Gasteiger partial charge in [0.1, 0.15) is 23.1 Å². The van der Waals surface area contributed by atoms with E-state index in [9.17, 15) is 12.8 Å². The zero-order chi connectivity index (χ0) is 19.6. The van der Waals surface area contributed by atoms with E-state index in [1.807, 2.05) is 12.1 Å². The first kappa shape index (κ1) is 19.8. The van der Waals surface area contributed by atoms with Gasteiger partial charge in [-0.1, -0.05) is 29.3 Å². The molecule has 1 N–H and O–H groups in total. The minimum Gasteiger partial charge on any atom is -0.491 e. The molecule has 2 aromatic carbocycles. The molecule has 142 valence electrons. The van der Waals surface area contributed by atoms with E-state index < -0.39 is 21.9 Å². The molecule has 0 bridgehead atoms. The molecule has 1 heterocycles. The predicted molar refractivity (Wildman–Crippen MR) is 103 cm³/mol. The van der Waals surface area contributed by atoms with E-state index in [-0.39, 0.29) is 21.5 Å². The zero-order valence-corrected chi connectivity index (χ0v) is 16.4. The minimum atomic E-state index is -4.05. The van der Waals surface area contributed by atoms with Crippen LogP contribution in [0.25, 0.3) is 10.9 Å². The van der Waals surface area contributed by atoms with E-state index in [0.29, 0.717) is 5.75 Å². The van der Waals surface area contributed by atoms with E-state index in [1.165, 1.54) is 0 Å². The third-order valence-electron chi connectivity index (χ3n) is 3.72. The lowest BCUT2D eigenvalue weighted by Crippen LogP contribution is -2.37. The molecule has 0 aliphatic carbocycles. The van der Waals surface area contributed by atoms with Crippen molar-refractivity contribution < 1.29 is 17.5 Å². The van der Waals surface area contributed by atoms with Crippen LogP contribution in [0.4, 0.5) is 4.39 Å². The van der Waals surface area contributed by atoms with Gasteiger partial charge in [0.05, 0.1) is 21.6 Å². The van der Waals surface area contributed by atoms with E-state index in [4.69, 9.17) is 27.9 Å². The number of aromatic nitrogens is 1. The maximum Gasteiger partial charge on any atom is 0.242 e. The van der Waals surface area contributed by atoms with Gasteiger partial charge in [-0.2, -0.15) is 0 Å². The first-order chi connectivity index (χ1) is 12.8. The highest BCUT2D eigenvalue weighted by Crippen LogP contribution is 2.28. The van der Waals surface area contributed by atoms with Crippen molar-refractivity contribution in [3.8, 4) is 5.75 Å². The number of rotatable bonds is 6. The maximum absolute atomic E-state index is 13.6. The Morgan fingerprint density at radius 3 is 2.74 bits per heavy atom. The molecule has 0 spiro atoms. The predicted octanol–water partition coefficient (Wildman–Crippen LogP) is 4.43. The number of halogens is 3. The summed E-state index contributed by atoms with van der Waals surface area (Å²) < 4.78 is 46.7. The van der Waals surface area contributed by atoms with E-state index >= 15 is 0 Å². The van der Waals surface area contributed by atoms with Gasteiger partial charge in [-0.3, -0.25) is 4.98 Å². The molecule has 0 fully saturated rings. The molecule has 0 aliphatic heterocycles. The highest BCUT2D eigenvalue weighted by molar-refractivity contribution is 7.89. The molecule has 0 saturated heterocycles. The quantitative estimate of drug-likeness (QED) is 0.589.